The number of hydrogen-bond donors (Lipinski definition) is 0. The minimum atomic E-state index is -0.0371. The summed E-state index contributed by atoms with van der Waals surface area (Å²) in [5.41, 5.74) is 2.71. The fourth-order valence-corrected chi connectivity index (χ4v) is 2.83. The lowest BCUT2D eigenvalue weighted by atomic mass is 10.1. The summed E-state index contributed by atoms with van der Waals surface area (Å²) in [4.78, 5) is 14.1. The molecule has 0 radical (unpaired) electrons. The molecule has 0 heterocycles. The molecule has 0 bridgehead atoms. The van der Waals surface area contributed by atoms with Gasteiger partial charge in [0.1, 0.15) is 0 Å². The molecule has 0 aliphatic carbocycles. The Morgan fingerprint density at radius 2 is 1.79 bits per heavy atom. The Kier molecular flexibility index (Phi) is 4.47. The molecule has 0 spiro atoms. The van der Waals surface area contributed by atoms with E-state index in [1.165, 1.54) is 5.56 Å². The summed E-state index contributed by atoms with van der Waals surface area (Å²) in [6, 6.07) is 13.2. The molecule has 0 saturated carbocycles. The first-order valence-corrected chi connectivity index (χ1v) is 7.24. The largest absolute Gasteiger partial charge is 0.311 e. The fourth-order valence-electron chi connectivity index (χ4n) is 1.73. The Labute approximate surface area is 131 Å². The smallest absolute Gasteiger partial charge is 0.259 e. The number of aryl methyl sites for hydroxylation is 1. The van der Waals surface area contributed by atoms with Crippen LogP contribution in [0.1, 0.15) is 15.9 Å². The van der Waals surface area contributed by atoms with Gasteiger partial charge >= 0.3 is 0 Å². The average molecular weight is 386 g/mol. The van der Waals surface area contributed by atoms with E-state index in [0.717, 1.165) is 9.26 Å². The second kappa shape index (κ2) is 5.92. The number of carbonyl (C=O) groups excluding carboxylic acids is 1. The second-order valence-electron chi connectivity index (χ2n) is 4.32. The van der Waals surface area contributed by atoms with Gasteiger partial charge in [-0.15, -0.1) is 0 Å². The van der Waals surface area contributed by atoms with Crippen LogP contribution in [0.3, 0.4) is 0 Å². The zero-order chi connectivity index (χ0) is 14.0. The Morgan fingerprint density at radius 3 is 2.37 bits per heavy atom. The molecule has 19 heavy (non-hydrogen) atoms. The molecule has 98 valence electrons. The maximum Gasteiger partial charge on any atom is 0.259 e. The van der Waals surface area contributed by atoms with Crippen molar-refractivity contribution in [3.63, 3.8) is 0 Å². The molecular formula is C15H13ClINO. The predicted octanol–water partition coefficient (Wildman–Crippen LogP) is 4.53. The van der Waals surface area contributed by atoms with Crippen molar-refractivity contribution in [2.75, 3.05) is 11.9 Å². The molecule has 0 fully saturated rings. The Balaban J connectivity index is 2.30. The van der Waals surface area contributed by atoms with Gasteiger partial charge in [0.15, 0.2) is 0 Å². The van der Waals surface area contributed by atoms with Crippen molar-refractivity contribution in [1.82, 2.24) is 0 Å². The number of hydrogen-bond acceptors (Lipinski definition) is 1. The van der Waals surface area contributed by atoms with Crippen LogP contribution in [0, 0.1) is 10.5 Å². The van der Waals surface area contributed by atoms with Crippen molar-refractivity contribution in [3.8, 4) is 0 Å². The number of benzene rings is 2. The first-order chi connectivity index (χ1) is 8.99. The van der Waals surface area contributed by atoms with Gasteiger partial charge in [-0.2, -0.15) is 0 Å². The van der Waals surface area contributed by atoms with Gasteiger partial charge in [0.05, 0.1) is 5.56 Å². The Bertz CT molecular complexity index is 610. The molecule has 2 nitrogen and oxygen atoms in total. The van der Waals surface area contributed by atoms with Crippen molar-refractivity contribution >= 4 is 45.8 Å². The van der Waals surface area contributed by atoms with Crippen LogP contribution >= 0.6 is 34.2 Å². The van der Waals surface area contributed by atoms with Gasteiger partial charge in [-0.1, -0.05) is 29.3 Å². The van der Waals surface area contributed by atoms with E-state index in [4.69, 9.17) is 11.6 Å². The standard InChI is InChI=1S/C15H13ClINO/c1-10-3-6-12(7-4-10)18(2)15(19)13-8-5-11(16)9-14(13)17/h3-9H,1-2H3. The maximum absolute atomic E-state index is 12.4. The summed E-state index contributed by atoms with van der Waals surface area (Å²) >= 11 is 8.03. The van der Waals surface area contributed by atoms with Crippen molar-refractivity contribution in [3.05, 3.63) is 62.2 Å². The van der Waals surface area contributed by atoms with Gasteiger partial charge in [-0.05, 0) is 59.8 Å². The molecule has 0 aliphatic rings. The van der Waals surface area contributed by atoms with Crippen LogP contribution in [0.4, 0.5) is 5.69 Å². The summed E-state index contributed by atoms with van der Waals surface area (Å²) in [5, 5.41) is 0.638. The highest BCUT2D eigenvalue weighted by atomic mass is 127. The van der Waals surface area contributed by atoms with Crippen molar-refractivity contribution in [1.29, 1.82) is 0 Å². The zero-order valence-corrected chi connectivity index (χ0v) is 13.6. The molecule has 2 rings (SSSR count). The minimum Gasteiger partial charge on any atom is -0.311 e. The molecule has 2 aromatic rings. The summed E-state index contributed by atoms with van der Waals surface area (Å²) in [5.74, 6) is -0.0371. The first kappa shape index (κ1) is 14.3. The molecule has 0 saturated heterocycles. The van der Waals surface area contributed by atoms with Crippen molar-refractivity contribution < 1.29 is 4.79 Å². The van der Waals surface area contributed by atoms with Gasteiger partial charge in [0.2, 0.25) is 0 Å². The predicted molar refractivity (Wildman–Crippen MR) is 88.1 cm³/mol. The van der Waals surface area contributed by atoms with Crippen LogP contribution in [-0.2, 0) is 0 Å². The normalized spacial score (nSPS) is 10.3. The fraction of sp³-hybridized carbons (Fsp3) is 0.133. The lowest BCUT2D eigenvalue weighted by molar-refractivity contribution is 0.0992. The van der Waals surface area contributed by atoms with E-state index in [1.807, 2.05) is 31.2 Å². The third-order valence-electron chi connectivity index (χ3n) is 2.89. The van der Waals surface area contributed by atoms with Crippen molar-refractivity contribution in [2.24, 2.45) is 0 Å². The molecule has 4 heteroatoms. The summed E-state index contributed by atoms with van der Waals surface area (Å²) in [6.45, 7) is 2.02. The molecule has 0 atom stereocenters. The summed E-state index contributed by atoms with van der Waals surface area (Å²) in [7, 11) is 1.78. The van der Waals surface area contributed by atoms with Crippen molar-refractivity contribution in [2.45, 2.75) is 6.92 Å². The lowest BCUT2D eigenvalue weighted by Crippen LogP contribution is -2.26. The molecule has 0 N–H and O–H groups in total. The Morgan fingerprint density at radius 1 is 1.16 bits per heavy atom. The minimum absolute atomic E-state index is 0.0371. The van der Waals surface area contributed by atoms with Crippen LogP contribution in [0.15, 0.2) is 42.5 Å². The molecule has 0 aromatic heterocycles. The SMILES string of the molecule is Cc1ccc(N(C)C(=O)c2ccc(Cl)cc2I)cc1. The summed E-state index contributed by atoms with van der Waals surface area (Å²) in [6.07, 6.45) is 0. The van der Waals surface area contributed by atoms with E-state index >= 15 is 0 Å². The molecule has 0 unspecified atom stereocenters. The number of nitrogens with zero attached hydrogens (tertiary/aromatic N) is 1. The van der Waals surface area contributed by atoms with E-state index < -0.39 is 0 Å². The van der Waals surface area contributed by atoms with Gasteiger partial charge < -0.3 is 4.90 Å². The topological polar surface area (TPSA) is 20.3 Å². The van der Waals surface area contributed by atoms with Gasteiger partial charge in [-0.3, -0.25) is 4.79 Å². The molecule has 2 aromatic carbocycles. The number of carbonyl (C=O) groups is 1. The van der Waals surface area contributed by atoms with Gasteiger partial charge in [-0.25, -0.2) is 0 Å². The second-order valence-corrected chi connectivity index (χ2v) is 5.92. The zero-order valence-electron chi connectivity index (χ0n) is 10.7. The highest BCUT2D eigenvalue weighted by Gasteiger charge is 2.16. The van der Waals surface area contributed by atoms with Crippen LogP contribution < -0.4 is 4.90 Å². The average Bonchev–Trinajstić information content (AvgIpc) is 2.38. The molecule has 1 amide bonds. The van der Waals surface area contributed by atoms with E-state index in [-0.39, 0.29) is 5.91 Å². The number of halogens is 2. The monoisotopic (exact) mass is 385 g/mol. The van der Waals surface area contributed by atoms with Crippen LogP contribution in [0.2, 0.25) is 5.02 Å². The highest BCUT2D eigenvalue weighted by Crippen LogP contribution is 2.22. The van der Waals surface area contributed by atoms with E-state index in [2.05, 4.69) is 22.6 Å². The quantitative estimate of drug-likeness (QED) is 0.696. The van der Waals surface area contributed by atoms with Crippen LogP contribution in [0.5, 0.6) is 0 Å². The van der Waals surface area contributed by atoms with Gasteiger partial charge in [0, 0.05) is 21.3 Å². The number of rotatable bonds is 2. The lowest BCUT2D eigenvalue weighted by Gasteiger charge is -2.18. The van der Waals surface area contributed by atoms with E-state index in [9.17, 15) is 4.79 Å². The van der Waals surface area contributed by atoms with Gasteiger partial charge in [0.25, 0.3) is 5.91 Å². The van der Waals surface area contributed by atoms with Crippen LogP contribution in [0.25, 0.3) is 0 Å². The summed E-state index contributed by atoms with van der Waals surface area (Å²) < 4.78 is 0.856. The third kappa shape index (κ3) is 3.28. The highest BCUT2D eigenvalue weighted by molar-refractivity contribution is 14.1. The molecule has 0 aliphatic heterocycles. The third-order valence-corrected chi connectivity index (χ3v) is 4.02. The molecular weight excluding hydrogens is 373 g/mol. The van der Waals surface area contributed by atoms with E-state index in [0.29, 0.717) is 10.6 Å². The van der Waals surface area contributed by atoms with Crippen LogP contribution in [-0.4, -0.2) is 13.0 Å². The Hall–Kier alpha value is -1.07. The van der Waals surface area contributed by atoms with E-state index in [1.54, 1.807) is 30.1 Å². The first-order valence-electron chi connectivity index (χ1n) is 5.79. The number of anilines is 1. The number of amides is 1. The maximum atomic E-state index is 12.4.